The lowest BCUT2D eigenvalue weighted by Crippen LogP contribution is -2.47. The summed E-state index contributed by atoms with van der Waals surface area (Å²) in [6.45, 7) is 2.48. The van der Waals surface area contributed by atoms with Gasteiger partial charge in [0.1, 0.15) is 6.04 Å². The van der Waals surface area contributed by atoms with E-state index in [1.54, 1.807) is 6.92 Å². The van der Waals surface area contributed by atoms with E-state index in [2.05, 4.69) is 15.4 Å². The second-order valence-electron chi connectivity index (χ2n) is 3.40. The van der Waals surface area contributed by atoms with E-state index in [1.807, 2.05) is 0 Å². The van der Waals surface area contributed by atoms with Crippen molar-refractivity contribution < 1.29 is 14.3 Å². The molecule has 0 saturated carbocycles. The van der Waals surface area contributed by atoms with Crippen molar-refractivity contribution in [3.8, 4) is 0 Å². The molecule has 5 nitrogen and oxygen atoms in total. The molecule has 1 aliphatic rings. The molecular formula is C9H16N2O3. The first kappa shape index (κ1) is 11.0. The van der Waals surface area contributed by atoms with Crippen LogP contribution in [0.15, 0.2) is 0 Å². The summed E-state index contributed by atoms with van der Waals surface area (Å²) < 4.78 is 4.50. The van der Waals surface area contributed by atoms with Crippen molar-refractivity contribution in [2.24, 2.45) is 0 Å². The number of hydrogen-bond acceptors (Lipinski definition) is 4. The SMILES string of the molecule is COC(=O)[C@@H](C)NC(=O)[C@@H]1CCCN1. The molecule has 0 aromatic heterocycles. The Morgan fingerprint density at radius 2 is 2.29 bits per heavy atom. The normalized spacial score (nSPS) is 22.9. The van der Waals surface area contributed by atoms with Gasteiger partial charge in [0.25, 0.3) is 0 Å². The van der Waals surface area contributed by atoms with Crippen LogP contribution in [0.25, 0.3) is 0 Å². The van der Waals surface area contributed by atoms with E-state index in [0.29, 0.717) is 0 Å². The highest BCUT2D eigenvalue weighted by Crippen LogP contribution is 2.04. The number of amides is 1. The monoisotopic (exact) mass is 200 g/mol. The molecule has 0 aliphatic carbocycles. The molecule has 0 radical (unpaired) electrons. The molecule has 1 aliphatic heterocycles. The number of ether oxygens (including phenoxy) is 1. The summed E-state index contributed by atoms with van der Waals surface area (Å²) >= 11 is 0. The van der Waals surface area contributed by atoms with Crippen molar-refractivity contribution in [2.75, 3.05) is 13.7 Å². The molecule has 0 aromatic carbocycles. The minimum atomic E-state index is -0.574. The lowest BCUT2D eigenvalue weighted by molar-refractivity contribution is -0.144. The smallest absolute Gasteiger partial charge is 0.328 e. The van der Waals surface area contributed by atoms with Crippen molar-refractivity contribution in [1.29, 1.82) is 0 Å². The number of carbonyl (C=O) groups is 2. The topological polar surface area (TPSA) is 67.4 Å². The van der Waals surface area contributed by atoms with Crippen LogP contribution in [-0.4, -0.2) is 37.6 Å². The second kappa shape index (κ2) is 4.95. The Morgan fingerprint density at radius 1 is 1.57 bits per heavy atom. The third-order valence-corrected chi connectivity index (χ3v) is 2.29. The van der Waals surface area contributed by atoms with Gasteiger partial charge in [0.2, 0.25) is 5.91 Å². The van der Waals surface area contributed by atoms with E-state index in [0.717, 1.165) is 19.4 Å². The molecular weight excluding hydrogens is 184 g/mol. The van der Waals surface area contributed by atoms with Crippen molar-refractivity contribution in [2.45, 2.75) is 31.8 Å². The van der Waals surface area contributed by atoms with Gasteiger partial charge in [0, 0.05) is 0 Å². The Balaban J connectivity index is 2.35. The molecule has 14 heavy (non-hydrogen) atoms. The number of carbonyl (C=O) groups excluding carboxylic acids is 2. The zero-order chi connectivity index (χ0) is 10.6. The van der Waals surface area contributed by atoms with Crippen LogP contribution in [0.4, 0.5) is 0 Å². The summed E-state index contributed by atoms with van der Waals surface area (Å²) in [5.41, 5.74) is 0. The molecule has 0 unspecified atom stereocenters. The highest BCUT2D eigenvalue weighted by molar-refractivity contribution is 5.87. The number of nitrogens with one attached hydrogen (secondary N) is 2. The lowest BCUT2D eigenvalue weighted by atomic mass is 10.2. The van der Waals surface area contributed by atoms with Gasteiger partial charge in [-0.1, -0.05) is 0 Å². The second-order valence-corrected chi connectivity index (χ2v) is 3.40. The predicted molar refractivity (Wildman–Crippen MR) is 50.6 cm³/mol. The van der Waals surface area contributed by atoms with Crippen LogP contribution in [0.2, 0.25) is 0 Å². The number of rotatable bonds is 3. The average molecular weight is 200 g/mol. The van der Waals surface area contributed by atoms with Gasteiger partial charge in [-0.15, -0.1) is 0 Å². The highest BCUT2D eigenvalue weighted by Gasteiger charge is 2.25. The third-order valence-electron chi connectivity index (χ3n) is 2.29. The van der Waals surface area contributed by atoms with Gasteiger partial charge in [-0.25, -0.2) is 4.79 Å². The van der Waals surface area contributed by atoms with Crippen LogP contribution in [0.3, 0.4) is 0 Å². The van der Waals surface area contributed by atoms with Gasteiger partial charge in [-0.2, -0.15) is 0 Å². The van der Waals surface area contributed by atoms with E-state index in [-0.39, 0.29) is 11.9 Å². The van der Waals surface area contributed by atoms with Crippen molar-refractivity contribution in [3.63, 3.8) is 0 Å². The molecule has 1 rings (SSSR count). The summed E-state index contributed by atoms with van der Waals surface area (Å²) in [4.78, 5) is 22.5. The maximum Gasteiger partial charge on any atom is 0.328 e. The number of hydrogen-bond donors (Lipinski definition) is 2. The standard InChI is InChI=1S/C9H16N2O3/c1-6(9(13)14-2)11-8(12)7-4-3-5-10-7/h6-7,10H,3-5H2,1-2H3,(H,11,12)/t6-,7+/m1/s1. The fourth-order valence-electron chi connectivity index (χ4n) is 1.46. The van der Waals surface area contributed by atoms with Crippen LogP contribution in [0, 0.1) is 0 Å². The Kier molecular flexibility index (Phi) is 3.88. The molecule has 80 valence electrons. The first-order valence-electron chi connectivity index (χ1n) is 4.76. The molecule has 0 spiro atoms. The molecule has 1 fully saturated rings. The number of esters is 1. The van der Waals surface area contributed by atoms with E-state index < -0.39 is 12.0 Å². The van der Waals surface area contributed by atoms with Crippen LogP contribution < -0.4 is 10.6 Å². The fourth-order valence-corrected chi connectivity index (χ4v) is 1.46. The van der Waals surface area contributed by atoms with Crippen molar-refractivity contribution in [1.82, 2.24) is 10.6 Å². The average Bonchev–Trinajstić information content (AvgIpc) is 2.69. The van der Waals surface area contributed by atoms with Gasteiger partial charge in [0.15, 0.2) is 0 Å². The quantitative estimate of drug-likeness (QED) is 0.598. The number of methoxy groups -OCH3 is 1. The largest absolute Gasteiger partial charge is 0.467 e. The van der Waals surface area contributed by atoms with Gasteiger partial charge in [-0.05, 0) is 26.3 Å². The summed E-state index contributed by atoms with van der Waals surface area (Å²) in [5.74, 6) is -0.545. The van der Waals surface area contributed by atoms with Gasteiger partial charge >= 0.3 is 5.97 Å². The first-order valence-corrected chi connectivity index (χ1v) is 4.76. The van der Waals surface area contributed by atoms with E-state index >= 15 is 0 Å². The molecule has 2 N–H and O–H groups in total. The molecule has 5 heteroatoms. The molecule has 2 atom stereocenters. The van der Waals surface area contributed by atoms with Gasteiger partial charge < -0.3 is 15.4 Å². The Labute approximate surface area is 83.2 Å². The van der Waals surface area contributed by atoms with Crippen LogP contribution in [-0.2, 0) is 14.3 Å². The fraction of sp³-hybridized carbons (Fsp3) is 0.778. The maximum atomic E-state index is 11.5. The minimum Gasteiger partial charge on any atom is -0.467 e. The zero-order valence-electron chi connectivity index (χ0n) is 8.50. The summed E-state index contributed by atoms with van der Waals surface area (Å²) in [6, 6.07) is -0.725. The molecule has 1 saturated heterocycles. The van der Waals surface area contributed by atoms with Crippen molar-refractivity contribution >= 4 is 11.9 Å². The van der Waals surface area contributed by atoms with Crippen molar-refractivity contribution in [3.05, 3.63) is 0 Å². The van der Waals surface area contributed by atoms with E-state index in [1.165, 1.54) is 7.11 Å². The molecule has 0 aromatic rings. The van der Waals surface area contributed by atoms with E-state index in [4.69, 9.17) is 0 Å². The molecule has 1 heterocycles. The third kappa shape index (κ3) is 2.70. The zero-order valence-corrected chi connectivity index (χ0v) is 8.50. The molecule has 0 bridgehead atoms. The Bertz CT molecular complexity index is 224. The van der Waals surface area contributed by atoms with Gasteiger partial charge in [-0.3, -0.25) is 4.79 Å². The predicted octanol–water partition coefficient (Wildman–Crippen LogP) is -0.584. The molecule has 1 amide bonds. The minimum absolute atomic E-state index is 0.125. The van der Waals surface area contributed by atoms with Crippen LogP contribution in [0.1, 0.15) is 19.8 Å². The van der Waals surface area contributed by atoms with Gasteiger partial charge in [0.05, 0.1) is 13.2 Å². The van der Waals surface area contributed by atoms with Crippen LogP contribution >= 0.6 is 0 Å². The Morgan fingerprint density at radius 3 is 2.79 bits per heavy atom. The summed E-state index contributed by atoms with van der Waals surface area (Å²) in [5, 5.41) is 5.65. The first-order chi connectivity index (χ1) is 6.65. The van der Waals surface area contributed by atoms with E-state index in [9.17, 15) is 9.59 Å². The van der Waals surface area contributed by atoms with Crippen LogP contribution in [0.5, 0.6) is 0 Å². The lowest BCUT2D eigenvalue weighted by Gasteiger charge is -2.15. The highest BCUT2D eigenvalue weighted by atomic mass is 16.5. The maximum absolute atomic E-state index is 11.5. The summed E-state index contributed by atoms with van der Waals surface area (Å²) in [6.07, 6.45) is 1.84. The summed E-state index contributed by atoms with van der Waals surface area (Å²) in [7, 11) is 1.30. The Hall–Kier alpha value is -1.10.